The molecule has 122 valence electrons. The van der Waals surface area contributed by atoms with E-state index in [1.807, 2.05) is 18.7 Å². The molecule has 2 N–H and O–H groups in total. The number of fused-ring (bicyclic) bond motifs is 1. The van der Waals surface area contributed by atoms with Crippen LogP contribution < -0.4 is 5.73 Å². The summed E-state index contributed by atoms with van der Waals surface area (Å²) in [6.45, 7) is 5.38. The van der Waals surface area contributed by atoms with Crippen LogP contribution in [-0.4, -0.2) is 35.2 Å². The Kier molecular flexibility index (Phi) is 3.79. The lowest BCUT2D eigenvalue weighted by molar-refractivity contribution is 0.197. The highest BCUT2D eigenvalue weighted by atomic mass is 19.2. The molecule has 5 nitrogen and oxygen atoms in total. The Bertz CT molecular complexity index is 725. The molecule has 23 heavy (non-hydrogen) atoms. The Balaban J connectivity index is 1.77. The van der Waals surface area contributed by atoms with Crippen LogP contribution in [0.25, 0.3) is 0 Å². The predicted octanol–water partition coefficient (Wildman–Crippen LogP) is 2.19. The van der Waals surface area contributed by atoms with Crippen LogP contribution in [0.1, 0.15) is 19.4 Å². The molecule has 0 aromatic heterocycles. The van der Waals surface area contributed by atoms with Crippen LogP contribution in [0.5, 0.6) is 0 Å². The van der Waals surface area contributed by atoms with E-state index in [4.69, 9.17) is 10.5 Å². The maximum atomic E-state index is 13.2. The van der Waals surface area contributed by atoms with Crippen LogP contribution in [0.15, 0.2) is 40.1 Å². The second-order valence-corrected chi connectivity index (χ2v) is 6.26. The van der Waals surface area contributed by atoms with Gasteiger partial charge in [0.1, 0.15) is 18.3 Å². The van der Waals surface area contributed by atoms with Crippen LogP contribution in [0.4, 0.5) is 8.78 Å². The Morgan fingerprint density at radius 3 is 2.83 bits per heavy atom. The van der Waals surface area contributed by atoms with Gasteiger partial charge in [-0.3, -0.25) is 4.99 Å². The maximum Gasteiger partial charge on any atom is 0.219 e. The number of nitrogens with zero attached hydrogens (tertiary/aromatic N) is 3. The van der Waals surface area contributed by atoms with E-state index in [0.29, 0.717) is 23.8 Å². The zero-order valence-electron chi connectivity index (χ0n) is 13.0. The molecule has 7 heteroatoms. The SMILES string of the molecule is CC1(C)CN2CC(N)=NC(OCc3ccc(F)c(F)c3)=CC2=N1. The zero-order chi connectivity index (χ0) is 16.6. The van der Waals surface area contributed by atoms with Crippen molar-refractivity contribution in [3.8, 4) is 0 Å². The first-order chi connectivity index (χ1) is 10.8. The average Bonchev–Trinajstić information content (AvgIpc) is 2.65. The first-order valence-electron chi connectivity index (χ1n) is 7.29. The molecule has 0 saturated carbocycles. The highest BCUT2D eigenvalue weighted by Gasteiger charge is 2.32. The van der Waals surface area contributed by atoms with Gasteiger partial charge in [-0.2, -0.15) is 4.99 Å². The number of nitrogens with two attached hydrogens (primary N) is 1. The number of hydrogen-bond donors (Lipinski definition) is 1. The van der Waals surface area contributed by atoms with Crippen LogP contribution in [0, 0.1) is 11.6 Å². The second kappa shape index (κ2) is 5.64. The molecule has 0 bridgehead atoms. The smallest absolute Gasteiger partial charge is 0.219 e. The molecule has 0 radical (unpaired) electrons. The number of aliphatic imine (C=N–C) groups is 2. The van der Waals surface area contributed by atoms with Crippen LogP contribution in [0.2, 0.25) is 0 Å². The minimum atomic E-state index is -0.906. The normalized spacial score (nSPS) is 19.5. The van der Waals surface area contributed by atoms with Gasteiger partial charge < -0.3 is 15.4 Å². The van der Waals surface area contributed by atoms with E-state index in [2.05, 4.69) is 9.98 Å². The Labute approximate surface area is 133 Å². The van der Waals surface area contributed by atoms with E-state index in [1.165, 1.54) is 6.07 Å². The van der Waals surface area contributed by atoms with Gasteiger partial charge in [0.25, 0.3) is 0 Å². The summed E-state index contributed by atoms with van der Waals surface area (Å²) in [5.74, 6) is -0.296. The fraction of sp³-hybridized carbons (Fsp3) is 0.375. The van der Waals surface area contributed by atoms with Crippen LogP contribution in [-0.2, 0) is 11.3 Å². The fourth-order valence-electron chi connectivity index (χ4n) is 2.60. The topological polar surface area (TPSA) is 63.2 Å². The maximum absolute atomic E-state index is 13.2. The summed E-state index contributed by atoms with van der Waals surface area (Å²) >= 11 is 0. The van der Waals surface area contributed by atoms with Gasteiger partial charge in [0, 0.05) is 12.6 Å². The lowest BCUT2D eigenvalue weighted by Crippen LogP contribution is -2.37. The lowest BCUT2D eigenvalue weighted by atomic mass is 10.1. The van der Waals surface area contributed by atoms with Crippen molar-refractivity contribution in [2.75, 3.05) is 13.1 Å². The van der Waals surface area contributed by atoms with E-state index in [1.54, 1.807) is 6.08 Å². The molecule has 2 aliphatic rings. The van der Waals surface area contributed by atoms with Crippen molar-refractivity contribution < 1.29 is 13.5 Å². The van der Waals surface area contributed by atoms with E-state index in [0.717, 1.165) is 24.5 Å². The largest absolute Gasteiger partial charge is 0.473 e. The number of amidine groups is 2. The third-order valence-electron chi connectivity index (χ3n) is 3.55. The molecular weight excluding hydrogens is 302 g/mol. The molecule has 0 saturated heterocycles. The van der Waals surface area contributed by atoms with Crippen molar-refractivity contribution in [3.05, 3.63) is 47.4 Å². The van der Waals surface area contributed by atoms with Crippen molar-refractivity contribution in [1.29, 1.82) is 0 Å². The Morgan fingerprint density at radius 1 is 1.30 bits per heavy atom. The Morgan fingerprint density at radius 2 is 2.09 bits per heavy atom. The summed E-state index contributed by atoms with van der Waals surface area (Å²) in [5.41, 5.74) is 6.23. The van der Waals surface area contributed by atoms with Gasteiger partial charge in [-0.1, -0.05) is 6.07 Å². The van der Waals surface area contributed by atoms with Crippen LogP contribution >= 0.6 is 0 Å². The number of benzene rings is 1. The van der Waals surface area contributed by atoms with Gasteiger partial charge in [0.05, 0.1) is 12.1 Å². The molecule has 2 aliphatic heterocycles. The van der Waals surface area contributed by atoms with Crippen molar-refractivity contribution in [1.82, 2.24) is 4.90 Å². The summed E-state index contributed by atoms with van der Waals surface area (Å²) in [7, 11) is 0. The molecule has 1 aromatic carbocycles. The van der Waals surface area contributed by atoms with Gasteiger partial charge in [0.15, 0.2) is 11.6 Å². The van der Waals surface area contributed by atoms with E-state index < -0.39 is 11.6 Å². The predicted molar refractivity (Wildman–Crippen MR) is 83.9 cm³/mol. The molecule has 0 atom stereocenters. The molecule has 0 unspecified atom stereocenters. The molecule has 0 spiro atoms. The quantitative estimate of drug-likeness (QED) is 0.928. The van der Waals surface area contributed by atoms with Gasteiger partial charge in [-0.25, -0.2) is 8.78 Å². The summed E-state index contributed by atoms with van der Waals surface area (Å²) in [6.07, 6.45) is 1.72. The van der Waals surface area contributed by atoms with Gasteiger partial charge >= 0.3 is 0 Å². The molecule has 0 amide bonds. The molecular formula is C16H18F2N4O. The van der Waals surface area contributed by atoms with Gasteiger partial charge in [-0.15, -0.1) is 0 Å². The van der Waals surface area contributed by atoms with Gasteiger partial charge in [0.2, 0.25) is 5.88 Å². The molecule has 0 fully saturated rings. The molecule has 3 rings (SSSR count). The Hall–Kier alpha value is -2.44. The van der Waals surface area contributed by atoms with Crippen molar-refractivity contribution in [2.24, 2.45) is 15.7 Å². The summed E-state index contributed by atoms with van der Waals surface area (Å²) < 4.78 is 31.7. The minimum Gasteiger partial charge on any atom is -0.473 e. The van der Waals surface area contributed by atoms with E-state index in [-0.39, 0.29) is 12.1 Å². The molecule has 2 heterocycles. The van der Waals surface area contributed by atoms with E-state index in [9.17, 15) is 8.78 Å². The highest BCUT2D eigenvalue weighted by molar-refractivity contribution is 6.00. The number of hydrogen-bond acceptors (Lipinski definition) is 5. The lowest BCUT2D eigenvalue weighted by Gasteiger charge is -2.19. The summed E-state index contributed by atoms with van der Waals surface area (Å²) in [5, 5.41) is 0. The van der Waals surface area contributed by atoms with Crippen molar-refractivity contribution >= 4 is 11.7 Å². The van der Waals surface area contributed by atoms with E-state index >= 15 is 0 Å². The third-order valence-corrected chi connectivity index (χ3v) is 3.55. The molecule has 1 aromatic rings. The molecule has 0 aliphatic carbocycles. The average molecular weight is 320 g/mol. The van der Waals surface area contributed by atoms with Crippen molar-refractivity contribution in [3.63, 3.8) is 0 Å². The first kappa shape index (κ1) is 15.5. The zero-order valence-corrected chi connectivity index (χ0v) is 13.0. The van der Waals surface area contributed by atoms with Crippen molar-refractivity contribution in [2.45, 2.75) is 26.0 Å². The third kappa shape index (κ3) is 3.49. The highest BCUT2D eigenvalue weighted by Crippen LogP contribution is 2.23. The monoisotopic (exact) mass is 320 g/mol. The minimum absolute atomic E-state index is 0.0660. The summed E-state index contributed by atoms with van der Waals surface area (Å²) in [6, 6.07) is 3.63. The standard InChI is InChI=1S/C16H18F2N4O/c1-16(2)9-22-7-13(19)20-15(6-14(22)21-16)23-8-10-3-4-11(17)12(18)5-10/h3-6H,7-9H2,1-2H3,(H2,19,20). The number of rotatable bonds is 3. The fourth-order valence-corrected chi connectivity index (χ4v) is 2.60. The second-order valence-electron chi connectivity index (χ2n) is 6.26. The number of ether oxygens (including phenoxy) is 1. The summed E-state index contributed by atoms with van der Waals surface area (Å²) in [4.78, 5) is 10.9. The van der Waals surface area contributed by atoms with Gasteiger partial charge in [-0.05, 0) is 31.5 Å². The number of halogens is 2. The van der Waals surface area contributed by atoms with Crippen LogP contribution in [0.3, 0.4) is 0 Å². The first-order valence-corrected chi connectivity index (χ1v) is 7.29.